The van der Waals surface area contributed by atoms with Gasteiger partial charge in [0.05, 0.1) is 18.2 Å². The van der Waals surface area contributed by atoms with Gasteiger partial charge in [-0.3, -0.25) is 0 Å². The third-order valence-corrected chi connectivity index (χ3v) is 10.3. The molecule has 0 bridgehead atoms. The van der Waals surface area contributed by atoms with E-state index in [1.54, 1.807) is 37.4 Å². The van der Waals surface area contributed by atoms with E-state index in [1.165, 1.54) is 17.2 Å². The number of aromatic nitrogens is 6. The predicted molar refractivity (Wildman–Crippen MR) is 298 cm³/mol. The van der Waals surface area contributed by atoms with Crippen LogP contribution in [0.1, 0.15) is 30.8 Å². The van der Waals surface area contributed by atoms with Crippen LogP contribution in [0.4, 0.5) is 0 Å². The molecule has 0 aliphatic carbocycles. The SMILES string of the molecule is C#CC#CC#CC#CC#CC#CC#CC#COc1ccc(-c2nc(-c3ccccc3)nc(-c3ccccc3)n2)c(O)c1.COc1ccc(-c2nc(-c3ccc(C)cc3C)nc(-c3ccc(C)cc3C)n2)c(O)c1.[HH].[HH].[HH].[HH].[HH].[HH]. The molecule has 0 atom stereocenters. The highest BCUT2D eigenvalue weighted by atomic mass is 16.5. The molecule has 8 aromatic rings. The van der Waals surface area contributed by atoms with Crippen molar-refractivity contribution in [2.75, 3.05) is 7.11 Å². The van der Waals surface area contributed by atoms with Crippen LogP contribution in [0.2, 0.25) is 0 Å². The zero-order chi connectivity index (χ0) is 51.4. The third-order valence-electron chi connectivity index (χ3n) is 10.3. The highest BCUT2D eigenvalue weighted by Crippen LogP contribution is 2.35. The Balaban J connectivity index is 0.000000760. The van der Waals surface area contributed by atoms with Gasteiger partial charge < -0.3 is 19.7 Å². The lowest BCUT2D eigenvalue weighted by molar-refractivity contribution is 0.408. The molecule has 0 saturated carbocycles. The van der Waals surface area contributed by atoms with E-state index in [2.05, 4.69) is 130 Å². The van der Waals surface area contributed by atoms with Gasteiger partial charge in [-0.1, -0.05) is 108 Å². The first-order valence-electron chi connectivity index (χ1n) is 22.2. The van der Waals surface area contributed by atoms with E-state index in [1.807, 2.05) is 98.8 Å². The van der Waals surface area contributed by atoms with Crippen molar-refractivity contribution in [3.05, 3.63) is 156 Å². The number of hydrogen-bond donors (Lipinski definition) is 2. The zero-order valence-electron chi connectivity index (χ0n) is 40.2. The molecule has 0 saturated heterocycles. The Labute approximate surface area is 434 Å². The molecule has 2 N–H and O–H groups in total. The second-order valence-electron chi connectivity index (χ2n) is 15.5. The van der Waals surface area contributed by atoms with Gasteiger partial charge in [0.25, 0.3) is 0 Å². The maximum atomic E-state index is 10.8. The van der Waals surface area contributed by atoms with Crippen LogP contribution in [0.3, 0.4) is 0 Å². The monoisotopic (exact) mass is 956 g/mol. The molecular weight excluding hydrogens is 905 g/mol. The fourth-order valence-electron chi connectivity index (χ4n) is 6.88. The number of aromatic hydroxyl groups is 2. The fourth-order valence-corrected chi connectivity index (χ4v) is 6.88. The number of hydrogen-bond acceptors (Lipinski definition) is 10. The molecule has 2 aromatic heterocycles. The summed E-state index contributed by atoms with van der Waals surface area (Å²) in [6.45, 7) is 8.22. The van der Waals surface area contributed by atoms with Crippen molar-refractivity contribution in [2.24, 2.45) is 0 Å². The van der Waals surface area contributed by atoms with Crippen molar-refractivity contribution in [1.82, 2.24) is 29.9 Å². The minimum Gasteiger partial charge on any atom is -0.507 e. The van der Waals surface area contributed by atoms with Gasteiger partial charge in [-0.15, -0.1) is 6.42 Å². The molecule has 0 aliphatic heterocycles. The summed E-state index contributed by atoms with van der Waals surface area (Å²) in [6, 6.07) is 41.4. The van der Waals surface area contributed by atoms with Gasteiger partial charge in [0.2, 0.25) is 0 Å². The van der Waals surface area contributed by atoms with Crippen molar-refractivity contribution in [1.29, 1.82) is 0 Å². The van der Waals surface area contributed by atoms with Crippen molar-refractivity contribution in [3.8, 4) is 187 Å². The number of benzene rings is 6. The van der Waals surface area contributed by atoms with E-state index >= 15 is 0 Å². The number of rotatable bonds is 8. The summed E-state index contributed by atoms with van der Waals surface area (Å²) in [5, 5.41) is 21.4. The quantitative estimate of drug-likeness (QED) is 0.142. The van der Waals surface area contributed by atoms with Gasteiger partial charge in [0, 0.05) is 84.4 Å². The van der Waals surface area contributed by atoms with Crippen molar-refractivity contribution in [3.63, 3.8) is 0 Å². The maximum Gasteiger partial charge on any atom is 0.167 e. The Bertz CT molecular complexity index is 3800. The van der Waals surface area contributed by atoms with Gasteiger partial charge >= 0.3 is 0 Å². The minimum absolute atomic E-state index is 0. The lowest BCUT2D eigenvalue weighted by atomic mass is 10.0. The smallest absolute Gasteiger partial charge is 0.167 e. The van der Waals surface area contributed by atoms with E-state index < -0.39 is 0 Å². The van der Waals surface area contributed by atoms with E-state index in [9.17, 15) is 10.2 Å². The molecule has 2 heterocycles. The topological polar surface area (TPSA) is 136 Å². The number of methoxy groups -OCH3 is 1. The Kier molecular flexibility index (Phi) is 17.0. The molecular formula is C63H52N6O4. The fraction of sp³-hybridized carbons (Fsp3) is 0.0794. The number of aryl methyl sites for hydroxylation is 4. The highest BCUT2D eigenvalue weighted by molar-refractivity contribution is 5.73. The molecule has 73 heavy (non-hydrogen) atoms. The number of terminal acetylenes is 1. The van der Waals surface area contributed by atoms with Crippen LogP contribution in [0.5, 0.6) is 23.0 Å². The largest absolute Gasteiger partial charge is 0.507 e. The Morgan fingerprint density at radius 1 is 0.397 bits per heavy atom. The molecule has 8 rings (SSSR count). The van der Waals surface area contributed by atoms with Crippen LogP contribution >= 0.6 is 0 Å². The number of ether oxygens (including phenoxy) is 2. The average Bonchev–Trinajstić information content (AvgIpc) is 3.40. The highest BCUT2D eigenvalue weighted by Gasteiger charge is 2.18. The molecule has 0 spiro atoms. The molecule has 10 nitrogen and oxygen atoms in total. The molecule has 0 fully saturated rings. The number of phenolic OH excluding ortho intramolecular Hbond substituents is 2. The summed E-state index contributed by atoms with van der Waals surface area (Å²) in [5.74, 6) is 38.2. The average molecular weight is 957 g/mol. The van der Waals surface area contributed by atoms with Gasteiger partial charge in [0.15, 0.2) is 34.9 Å². The standard InChI is InChI=1S/C37H15N3O2.C26H25N3O2.6H2/c1-2-3-4-5-6-7-8-9-10-11-12-13-14-21-28-42-32-26-27-33(34(41)29-32)37-39-35(30-22-17-15-18-23-30)38-36(40-37)31-24-19-16-20-25-31;1-15-6-9-20(17(3)12-15)24-27-25(21-10-7-16(2)13-18(21)4)29-26(28-24)22-11-8-19(31-5)14-23(22)30;;;;;;/h1,15-20,22-27,29,41H;6-14,30H,1-5H3;6*1H. The Hall–Kier alpha value is -11.0. The Morgan fingerprint density at radius 2 is 0.753 bits per heavy atom. The summed E-state index contributed by atoms with van der Waals surface area (Å²) >= 11 is 0. The van der Waals surface area contributed by atoms with Crippen LogP contribution in [0.15, 0.2) is 133 Å². The number of nitrogens with zero attached hydrogens (tertiary/aromatic N) is 6. The van der Waals surface area contributed by atoms with Gasteiger partial charge in [0.1, 0.15) is 29.1 Å². The molecule has 10 heteroatoms. The van der Waals surface area contributed by atoms with E-state index in [0.29, 0.717) is 57.6 Å². The summed E-state index contributed by atoms with van der Waals surface area (Å²) in [5.41, 5.74) is 9.00. The molecule has 0 amide bonds. The van der Waals surface area contributed by atoms with Crippen LogP contribution in [-0.4, -0.2) is 47.2 Å². The van der Waals surface area contributed by atoms with E-state index in [4.69, 9.17) is 30.8 Å². The lowest BCUT2D eigenvalue weighted by Crippen LogP contribution is -2.02. The summed E-state index contributed by atoms with van der Waals surface area (Å²) < 4.78 is 10.6. The van der Waals surface area contributed by atoms with Crippen molar-refractivity contribution < 1.29 is 28.2 Å². The van der Waals surface area contributed by atoms with Gasteiger partial charge in [-0.25, -0.2) is 29.9 Å². The van der Waals surface area contributed by atoms with Crippen molar-refractivity contribution in [2.45, 2.75) is 27.7 Å². The summed E-state index contributed by atoms with van der Waals surface area (Å²) in [4.78, 5) is 28.2. The Morgan fingerprint density at radius 3 is 1.16 bits per heavy atom. The minimum atomic E-state index is -0.0800. The molecule has 0 radical (unpaired) electrons. The van der Waals surface area contributed by atoms with E-state index in [0.717, 1.165) is 33.4 Å². The molecule has 0 aliphatic rings. The van der Waals surface area contributed by atoms with Gasteiger partial charge in [-0.05, 0) is 105 Å². The second-order valence-corrected chi connectivity index (χ2v) is 15.5. The van der Waals surface area contributed by atoms with Crippen LogP contribution < -0.4 is 9.47 Å². The molecule has 358 valence electrons. The summed E-state index contributed by atoms with van der Waals surface area (Å²) in [7, 11) is 1.56. The molecule has 6 aromatic carbocycles. The van der Waals surface area contributed by atoms with Gasteiger partial charge in [-0.2, -0.15) is 0 Å². The lowest BCUT2D eigenvalue weighted by Gasteiger charge is -2.13. The predicted octanol–water partition coefficient (Wildman–Crippen LogP) is 11.9. The zero-order valence-corrected chi connectivity index (χ0v) is 40.2. The molecule has 0 unspecified atom stereocenters. The first-order valence-corrected chi connectivity index (χ1v) is 22.2. The normalized spacial score (nSPS) is 9.32. The third kappa shape index (κ3) is 13.8. The van der Waals surface area contributed by atoms with E-state index in [-0.39, 0.29) is 20.1 Å². The van der Waals surface area contributed by atoms with Crippen LogP contribution in [0, 0.1) is 123 Å². The van der Waals surface area contributed by atoms with Crippen molar-refractivity contribution >= 4 is 0 Å². The second kappa shape index (κ2) is 24.9. The number of phenols is 2. The van der Waals surface area contributed by atoms with Crippen LogP contribution in [-0.2, 0) is 0 Å². The first kappa shape index (κ1) is 49.9. The summed E-state index contributed by atoms with van der Waals surface area (Å²) in [6.07, 6.45) is 7.41. The maximum absolute atomic E-state index is 10.8. The van der Waals surface area contributed by atoms with Crippen LogP contribution in [0.25, 0.3) is 68.3 Å². The first-order chi connectivity index (χ1) is 35.6.